The Kier molecular flexibility index (Phi) is 12.7. The van der Waals surface area contributed by atoms with Gasteiger partial charge in [-0.15, -0.1) is 0 Å². The minimum Gasteiger partial charge on any atom is -0.494 e. The zero-order valence-corrected chi connectivity index (χ0v) is 16.3. The zero-order chi connectivity index (χ0) is 17.5. The quantitative estimate of drug-likeness (QED) is 0.251. The van der Waals surface area contributed by atoms with Gasteiger partial charge in [0.05, 0.1) is 55.9 Å². The zero-order valence-electron chi connectivity index (χ0n) is 14.1. The molecule has 0 amide bonds. The summed E-state index contributed by atoms with van der Waals surface area (Å²) < 4.78 is 24.6. The first kappa shape index (κ1) is 21.1. The third-order valence-corrected chi connectivity index (χ3v) is 3.59. The van der Waals surface area contributed by atoms with Gasteiger partial charge in [0.15, 0.2) is 5.78 Å². The van der Waals surface area contributed by atoms with Crippen LogP contribution in [0.25, 0.3) is 0 Å². The van der Waals surface area contributed by atoms with Crippen molar-refractivity contribution in [1.82, 2.24) is 0 Å². The van der Waals surface area contributed by atoms with Crippen molar-refractivity contribution in [2.45, 2.75) is 19.8 Å². The summed E-state index contributed by atoms with van der Waals surface area (Å²) in [6.07, 6.45) is 1.90. The van der Waals surface area contributed by atoms with Crippen LogP contribution in [0, 0.1) is 0 Å². The molecule has 0 fully saturated rings. The van der Waals surface area contributed by atoms with Crippen molar-refractivity contribution in [3.8, 4) is 5.75 Å². The monoisotopic (exact) mass is 451 g/mol. The predicted molar refractivity (Wildman–Crippen MR) is 102 cm³/mol. The van der Waals surface area contributed by atoms with Crippen LogP contribution < -0.4 is 8.27 Å². The van der Waals surface area contributed by atoms with Crippen LogP contribution in [0.3, 0.4) is 0 Å². The van der Waals surface area contributed by atoms with Gasteiger partial charge in [0, 0.05) is 12.3 Å². The summed E-state index contributed by atoms with van der Waals surface area (Å²) in [5.74, 6) is 0.906. The van der Waals surface area contributed by atoms with Gasteiger partial charge in [-0.1, -0.05) is 0 Å². The highest BCUT2D eigenvalue weighted by molar-refractivity contribution is 14.1. The van der Waals surface area contributed by atoms with E-state index < -0.39 is 0 Å². The Morgan fingerprint density at radius 1 is 0.917 bits per heavy atom. The van der Waals surface area contributed by atoms with Crippen LogP contribution in [0.1, 0.15) is 19.8 Å². The maximum absolute atomic E-state index is 10.6. The fourth-order valence-corrected chi connectivity index (χ4v) is 2.13. The number of ether oxygens (including phenoxy) is 4. The van der Waals surface area contributed by atoms with Crippen molar-refractivity contribution in [3.05, 3.63) is 24.3 Å². The van der Waals surface area contributed by atoms with E-state index >= 15 is 0 Å². The first-order chi connectivity index (χ1) is 11.7. The number of hydrogen-bond donors (Lipinski definition) is 1. The van der Waals surface area contributed by atoms with Crippen molar-refractivity contribution in [1.29, 1.82) is 0 Å². The average molecular weight is 451 g/mol. The van der Waals surface area contributed by atoms with Crippen LogP contribution in [-0.4, -0.2) is 52.0 Å². The molecule has 0 aliphatic heterocycles. The van der Waals surface area contributed by atoms with E-state index in [0.29, 0.717) is 39.6 Å². The first-order valence-corrected chi connectivity index (χ1v) is 9.12. The maximum Gasteiger partial charge on any atom is 0.155 e. The Bertz CT molecular complexity index is 441. The van der Waals surface area contributed by atoms with Crippen LogP contribution in [-0.2, 0) is 19.0 Å². The van der Waals surface area contributed by atoms with E-state index in [9.17, 15) is 4.79 Å². The van der Waals surface area contributed by atoms with E-state index in [2.05, 4.69) is 26.4 Å². The Morgan fingerprint density at radius 2 is 1.50 bits per heavy atom. The lowest BCUT2D eigenvalue weighted by atomic mass is 10.3. The van der Waals surface area contributed by atoms with Crippen LogP contribution in [0.4, 0.5) is 5.69 Å². The lowest BCUT2D eigenvalue weighted by Gasteiger charge is -2.08. The number of anilines is 1. The summed E-state index contributed by atoms with van der Waals surface area (Å²) in [4.78, 5) is 10.6. The Morgan fingerprint density at radius 3 is 2.12 bits per heavy atom. The molecule has 136 valence electrons. The number of carbonyl (C=O) groups excluding carboxylic acids is 1. The number of nitrogens with one attached hydrogen (secondary N) is 1. The van der Waals surface area contributed by atoms with E-state index in [1.807, 2.05) is 24.3 Å². The van der Waals surface area contributed by atoms with E-state index in [0.717, 1.165) is 24.3 Å². The second-order valence-corrected chi connectivity index (χ2v) is 5.69. The second kappa shape index (κ2) is 14.4. The summed E-state index contributed by atoms with van der Waals surface area (Å²) in [5, 5.41) is 0. The van der Waals surface area contributed by atoms with Gasteiger partial charge in [0.2, 0.25) is 0 Å². The number of unbranched alkanes of at least 4 members (excludes halogenated alkanes) is 1. The van der Waals surface area contributed by atoms with Gasteiger partial charge in [-0.05, 0) is 44.0 Å². The minimum atomic E-state index is 0.0250. The molecule has 1 N–H and O–H groups in total. The molecule has 0 aromatic heterocycles. The van der Waals surface area contributed by atoms with Gasteiger partial charge in [-0.25, -0.2) is 0 Å². The Labute approximate surface area is 157 Å². The van der Waals surface area contributed by atoms with Crippen molar-refractivity contribution in [2.75, 3.05) is 49.8 Å². The fraction of sp³-hybridized carbons (Fsp3) is 0.588. The average Bonchev–Trinajstić information content (AvgIpc) is 2.59. The number of benzene rings is 1. The van der Waals surface area contributed by atoms with E-state index in [4.69, 9.17) is 18.9 Å². The summed E-state index contributed by atoms with van der Waals surface area (Å²) in [7, 11) is 0. The molecule has 0 spiro atoms. The molecular weight excluding hydrogens is 425 g/mol. The van der Waals surface area contributed by atoms with Crippen LogP contribution in [0.15, 0.2) is 24.3 Å². The van der Waals surface area contributed by atoms with E-state index in [-0.39, 0.29) is 12.4 Å². The molecule has 7 heteroatoms. The lowest BCUT2D eigenvalue weighted by molar-refractivity contribution is -0.122. The van der Waals surface area contributed by atoms with Crippen molar-refractivity contribution in [3.63, 3.8) is 0 Å². The molecule has 0 radical (unpaired) electrons. The summed E-state index contributed by atoms with van der Waals surface area (Å²) in [6.45, 7) is 5.06. The number of Topliss-reactive ketones (excluding diaryl/α,β-unsaturated/α-hetero) is 1. The van der Waals surface area contributed by atoms with Gasteiger partial charge >= 0.3 is 0 Å². The largest absolute Gasteiger partial charge is 0.494 e. The van der Waals surface area contributed by atoms with E-state index in [1.165, 1.54) is 6.92 Å². The molecule has 1 aromatic carbocycles. The van der Waals surface area contributed by atoms with Crippen molar-refractivity contribution in [2.24, 2.45) is 0 Å². The van der Waals surface area contributed by atoms with Crippen LogP contribution in [0.5, 0.6) is 5.75 Å². The normalized spacial score (nSPS) is 10.6. The Hall–Kier alpha value is -0.900. The number of ketones is 1. The van der Waals surface area contributed by atoms with Gasteiger partial charge < -0.3 is 22.5 Å². The summed E-state index contributed by atoms with van der Waals surface area (Å²) in [5.41, 5.74) is 1.06. The predicted octanol–water partition coefficient (Wildman–Crippen LogP) is 3.25. The SMILES string of the molecule is CC(=O)COCCOCCOCCCCOc1ccc(NI)cc1. The standard InChI is InChI=1S/C17H26INO5/c1-15(20)14-23-13-12-22-11-10-21-8-2-3-9-24-17-6-4-16(19-18)5-7-17/h4-7,19H,2-3,8-14H2,1H3. The van der Waals surface area contributed by atoms with Gasteiger partial charge in [-0.3, -0.25) is 4.79 Å². The van der Waals surface area contributed by atoms with Crippen LogP contribution in [0.2, 0.25) is 0 Å². The third-order valence-electron chi connectivity index (χ3n) is 2.96. The highest BCUT2D eigenvalue weighted by Gasteiger charge is 1.96. The number of hydrogen-bond acceptors (Lipinski definition) is 6. The molecule has 0 aliphatic carbocycles. The molecule has 0 aliphatic rings. The van der Waals surface area contributed by atoms with Crippen LogP contribution >= 0.6 is 22.9 Å². The molecule has 0 saturated carbocycles. The van der Waals surface area contributed by atoms with E-state index in [1.54, 1.807) is 0 Å². The topological polar surface area (TPSA) is 66.0 Å². The molecule has 0 atom stereocenters. The lowest BCUT2D eigenvalue weighted by Crippen LogP contribution is -2.12. The maximum atomic E-state index is 10.6. The number of carbonyl (C=O) groups is 1. The van der Waals surface area contributed by atoms with Crippen molar-refractivity contribution >= 4 is 34.3 Å². The van der Waals surface area contributed by atoms with Crippen molar-refractivity contribution < 1.29 is 23.7 Å². The fourth-order valence-electron chi connectivity index (χ4n) is 1.77. The summed E-state index contributed by atoms with van der Waals surface area (Å²) >= 11 is 2.10. The molecular formula is C17H26INO5. The molecule has 0 unspecified atom stereocenters. The molecule has 24 heavy (non-hydrogen) atoms. The number of rotatable bonds is 15. The highest BCUT2D eigenvalue weighted by atomic mass is 127. The molecule has 0 heterocycles. The molecule has 6 nitrogen and oxygen atoms in total. The second-order valence-electron chi connectivity index (χ2n) is 5.15. The minimum absolute atomic E-state index is 0.0250. The Balaban J connectivity index is 1.82. The van der Waals surface area contributed by atoms with Gasteiger partial charge in [-0.2, -0.15) is 0 Å². The molecule has 1 rings (SSSR count). The van der Waals surface area contributed by atoms with Gasteiger partial charge in [0.1, 0.15) is 12.4 Å². The third kappa shape index (κ3) is 11.6. The number of halogens is 1. The summed E-state index contributed by atoms with van der Waals surface area (Å²) in [6, 6.07) is 7.87. The van der Waals surface area contributed by atoms with Gasteiger partial charge in [0.25, 0.3) is 0 Å². The smallest absolute Gasteiger partial charge is 0.155 e. The highest BCUT2D eigenvalue weighted by Crippen LogP contribution is 2.16. The molecule has 0 bridgehead atoms. The molecule has 0 saturated heterocycles. The molecule has 1 aromatic rings. The first-order valence-electron chi connectivity index (χ1n) is 8.04.